The maximum absolute atomic E-state index is 13.3. The van der Waals surface area contributed by atoms with Crippen LogP contribution in [0.5, 0.6) is 0 Å². The lowest BCUT2D eigenvalue weighted by molar-refractivity contribution is 0.588. The van der Waals surface area contributed by atoms with E-state index in [0.29, 0.717) is 23.1 Å². The van der Waals surface area contributed by atoms with Crippen LogP contribution in [-0.2, 0) is 12.3 Å². The van der Waals surface area contributed by atoms with Gasteiger partial charge in [0.2, 0.25) is 5.78 Å². The minimum Gasteiger partial charge on any atom is -0.275 e. The molecule has 1 atom stereocenters. The van der Waals surface area contributed by atoms with Crippen molar-refractivity contribution in [3.05, 3.63) is 92.5 Å². The molecule has 0 saturated heterocycles. The van der Waals surface area contributed by atoms with Gasteiger partial charge in [-0.2, -0.15) is 0 Å². The lowest BCUT2D eigenvalue weighted by atomic mass is 10.0. The predicted octanol–water partition coefficient (Wildman–Crippen LogP) is 5.86. The third-order valence-corrected chi connectivity index (χ3v) is 7.39. The van der Waals surface area contributed by atoms with Crippen LogP contribution in [0, 0.1) is 0 Å². The number of nitrogens with zero attached hydrogens (tertiary/aromatic N) is 4. The SMILES string of the molecule is C[C@H](Cn1c(=O)c2sccc2n2c(SCc3cccc(Cl)c3)nnc12)c1ccccc1. The molecule has 0 aliphatic rings. The first-order valence-electron chi connectivity index (χ1n) is 9.89. The topological polar surface area (TPSA) is 52.2 Å². The van der Waals surface area contributed by atoms with Gasteiger partial charge in [-0.1, -0.05) is 72.8 Å². The van der Waals surface area contributed by atoms with Crippen molar-refractivity contribution in [3.63, 3.8) is 0 Å². The van der Waals surface area contributed by atoms with Crippen LogP contribution in [0.4, 0.5) is 0 Å². The Kier molecular flexibility index (Phi) is 5.56. The molecule has 0 N–H and O–H groups in total. The first kappa shape index (κ1) is 20.3. The van der Waals surface area contributed by atoms with Crippen molar-refractivity contribution in [2.75, 3.05) is 0 Å². The lowest BCUT2D eigenvalue weighted by Gasteiger charge is -2.15. The smallest absolute Gasteiger partial charge is 0.272 e. The number of hydrogen-bond donors (Lipinski definition) is 0. The molecule has 0 aliphatic carbocycles. The van der Waals surface area contributed by atoms with Gasteiger partial charge in [-0.15, -0.1) is 21.5 Å². The van der Waals surface area contributed by atoms with E-state index in [-0.39, 0.29) is 11.5 Å². The van der Waals surface area contributed by atoms with Crippen LogP contribution in [0.3, 0.4) is 0 Å². The van der Waals surface area contributed by atoms with Crippen LogP contribution < -0.4 is 5.56 Å². The quantitative estimate of drug-likeness (QED) is 0.294. The lowest BCUT2D eigenvalue weighted by Crippen LogP contribution is -2.24. The molecule has 2 aromatic carbocycles. The first-order chi connectivity index (χ1) is 15.1. The van der Waals surface area contributed by atoms with Gasteiger partial charge in [0, 0.05) is 17.3 Å². The van der Waals surface area contributed by atoms with Gasteiger partial charge < -0.3 is 0 Å². The summed E-state index contributed by atoms with van der Waals surface area (Å²) in [7, 11) is 0. The predicted molar refractivity (Wildman–Crippen MR) is 128 cm³/mol. The number of halogens is 1. The molecule has 31 heavy (non-hydrogen) atoms. The summed E-state index contributed by atoms with van der Waals surface area (Å²) in [6, 6.07) is 20.0. The van der Waals surface area contributed by atoms with Crippen molar-refractivity contribution in [3.8, 4) is 0 Å². The van der Waals surface area contributed by atoms with Gasteiger partial charge in [-0.3, -0.25) is 13.8 Å². The Morgan fingerprint density at radius 2 is 1.94 bits per heavy atom. The van der Waals surface area contributed by atoms with E-state index in [1.54, 1.807) is 16.3 Å². The second-order valence-electron chi connectivity index (χ2n) is 7.40. The van der Waals surface area contributed by atoms with Crippen molar-refractivity contribution < 1.29 is 0 Å². The normalized spacial score (nSPS) is 12.6. The van der Waals surface area contributed by atoms with Gasteiger partial charge in [-0.05, 0) is 40.6 Å². The zero-order valence-electron chi connectivity index (χ0n) is 16.7. The summed E-state index contributed by atoms with van der Waals surface area (Å²) in [5.41, 5.74) is 3.14. The van der Waals surface area contributed by atoms with Crippen LogP contribution >= 0.6 is 34.7 Å². The number of rotatable bonds is 6. The minimum absolute atomic E-state index is 0.0147. The zero-order valence-corrected chi connectivity index (χ0v) is 19.1. The Morgan fingerprint density at radius 1 is 1.10 bits per heavy atom. The molecule has 0 aliphatic heterocycles. The summed E-state index contributed by atoms with van der Waals surface area (Å²) < 4.78 is 4.48. The van der Waals surface area contributed by atoms with Crippen molar-refractivity contribution in [2.45, 2.75) is 30.3 Å². The molecular weight excluding hydrogens is 448 g/mol. The Labute approximate surface area is 192 Å². The molecule has 156 valence electrons. The van der Waals surface area contributed by atoms with E-state index in [0.717, 1.165) is 20.9 Å². The van der Waals surface area contributed by atoms with E-state index in [9.17, 15) is 4.79 Å². The number of hydrogen-bond acceptors (Lipinski definition) is 5. The third-order valence-electron chi connectivity index (χ3n) is 5.26. The summed E-state index contributed by atoms with van der Waals surface area (Å²) in [4.78, 5) is 13.3. The van der Waals surface area contributed by atoms with E-state index in [1.807, 2.05) is 58.3 Å². The molecule has 5 rings (SSSR count). The summed E-state index contributed by atoms with van der Waals surface area (Å²) >= 11 is 9.17. The fourth-order valence-electron chi connectivity index (χ4n) is 3.69. The largest absolute Gasteiger partial charge is 0.275 e. The first-order valence-corrected chi connectivity index (χ1v) is 12.1. The monoisotopic (exact) mass is 466 g/mol. The number of benzene rings is 2. The molecule has 0 fully saturated rings. The van der Waals surface area contributed by atoms with Crippen molar-refractivity contribution >= 4 is 50.7 Å². The van der Waals surface area contributed by atoms with E-state index >= 15 is 0 Å². The highest BCUT2D eigenvalue weighted by Crippen LogP contribution is 2.28. The van der Waals surface area contributed by atoms with E-state index < -0.39 is 0 Å². The van der Waals surface area contributed by atoms with Crippen molar-refractivity contribution in [1.82, 2.24) is 19.2 Å². The summed E-state index contributed by atoms with van der Waals surface area (Å²) in [5.74, 6) is 1.46. The Hall–Kier alpha value is -2.61. The highest BCUT2D eigenvalue weighted by Gasteiger charge is 2.19. The summed E-state index contributed by atoms with van der Waals surface area (Å²) in [6.45, 7) is 2.67. The van der Waals surface area contributed by atoms with Gasteiger partial charge in [0.25, 0.3) is 5.56 Å². The maximum atomic E-state index is 13.3. The highest BCUT2D eigenvalue weighted by atomic mass is 35.5. The number of fused-ring (bicyclic) bond motifs is 3. The maximum Gasteiger partial charge on any atom is 0.272 e. The van der Waals surface area contributed by atoms with Crippen molar-refractivity contribution in [2.24, 2.45) is 0 Å². The second-order valence-corrected chi connectivity index (χ2v) is 9.69. The molecule has 0 bridgehead atoms. The van der Waals surface area contributed by atoms with Gasteiger partial charge in [0.15, 0.2) is 5.16 Å². The molecule has 0 radical (unpaired) electrons. The summed E-state index contributed by atoms with van der Waals surface area (Å²) in [5, 5.41) is 12.3. The molecule has 0 unspecified atom stereocenters. The van der Waals surface area contributed by atoms with Crippen LogP contribution in [-0.4, -0.2) is 19.2 Å². The molecule has 0 amide bonds. The molecular formula is C23H19ClN4OS2. The van der Waals surface area contributed by atoms with Crippen LogP contribution in [0.25, 0.3) is 16.0 Å². The van der Waals surface area contributed by atoms with Gasteiger partial charge >= 0.3 is 0 Å². The molecule has 3 heterocycles. The highest BCUT2D eigenvalue weighted by molar-refractivity contribution is 7.98. The molecule has 5 nitrogen and oxygen atoms in total. The van der Waals surface area contributed by atoms with Gasteiger partial charge in [-0.25, -0.2) is 0 Å². The number of thiophene rings is 1. The van der Waals surface area contributed by atoms with Gasteiger partial charge in [0.05, 0.1) is 5.52 Å². The van der Waals surface area contributed by atoms with Crippen LogP contribution in [0.1, 0.15) is 24.0 Å². The van der Waals surface area contributed by atoms with E-state index in [1.165, 1.54) is 16.9 Å². The minimum atomic E-state index is -0.0147. The van der Waals surface area contributed by atoms with Gasteiger partial charge in [0.1, 0.15) is 4.70 Å². The molecule has 3 aromatic heterocycles. The Bertz CT molecular complexity index is 1420. The fourth-order valence-corrected chi connectivity index (χ4v) is 5.61. The standard InChI is InChI=1S/C23H19ClN4OS2/c1-15(17-7-3-2-4-8-17)13-27-21(29)20-19(10-11-30-20)28-22(27)25-26-23(28)31-14-16-6-5-9-18(24)12-16/h2-12,15H,13-14H2,1H3/t15-/m1/s1. The Balaban J connectivity index is 1.56. The molecule has 0 saturated carbocycles. The number of aromatic nitrogens is 4. The second kappa shape index (κ2) is 8.49. The average Bonchev–Trinajstić information content (AvgIpc) is 3.43. The summed E-state index contributed by atoms with van der Waals surface area (Å²) in [6.07, 6.45) is 0. The average molecular weight is 467 g/mol. The Morgan fingerprint density at radius 3 is 2.74 bits per heavy atom. The number of thioether (sulfide) groups is 1. The van der Waals surface area contributed by atoms with Crippen LogP contribution in [0.2, 0.25) is 5.02 Å². The van der Waals surface area contributed by atoms with E-state index in [2.05, 4.69) is 29.3 Å². The zero-order chi connectivity index (χ0) is 21.4. The molecule has 0 spiro atoms. The fraction of sp³-hybridized carbons (Fsp3) is 0.174. The third kappa shape index (κ3) is 3.89. The van der Waals surface area contributed by atoms with E-state index in [4.69, 9.17) is 11.6 Å². The van der Waals surface area contributed by atoms with Crippen LogP contribution in [0.15, 0.2) is 76.0 Å². The van der Waals surface area contributed by atoms with Crippen molar-refractivity contribution in [1.29, 1.82) is 0 Å². The molecule has 8 heteroatoms. The molecule has 5 aromatic rings.